The molecule has 1 rings (SSSR count). The first kappa shape index (κ1) is 19.1. The van der Waals surface area contributed by atoms with E-state index < -0.39 is 0 Å². The van der Waals surface area contributed by atoms with Crippen molar-refractivity contribution in [3.63, 3.8) is 0 Å². The maximum absolute atomic E-state index is 12.0. The van der Waals surface area contributed by atoms with E-state index in [4.69, 9.17) is 0 Å². The molecule has 0 spiro atoms. The third-order valence-corrected chi connectivity index (χ3v) is 2.79. The van der Waals surface area contributed by atoms with Crippen molar-refractivity contribution < 1.29 is 9.59 Å². The van der Waals surface area contributed by atoms with Crippen LogP contribution in [-0.2, 0) is 4.79 Å². The molecule has 1 unspecified atom stereocenters. The predicted molar refractivity (Wildman–Crippen MR) is 87.9 cm³/mol. The number of hydrogen-bond acceptors (Lipinski definition) is 3. The monoisotopic (exact) mass is 311 g/mol. The zero-order valence-corrected chi connectivity index (χ0v) is 13.1. The molecule has 0 aliphatic rings. The fraction of sp³-hybridized carbons (Fsp3) is 0.333. The van der Waals surface area contributed by atoms with Crippen molar-refractivity contribution in [3.05, 3.63) is 42.5 Å². The van der Waals surface area contributed by atoms with Crippen molar-refractivity contribution in [3.8, 4) is 0 Å². The number of carbonyl (C=O) groups excluding carboxylic acids is 2. The summed E-state index contributed by atoms with van der Waals surface area (Å²) in [5.41, 5.74) is 0.960. The highest BCUT2D eigenvalue weighted by molar-refractivity contribution is 6.04. The van der Waals surface area contributed by atoms with Crippen molar-refractivity contribution in [2.24, 2.45) is 5.92 Å². The Balaban J connectivity index is 0.00000400. The second kappa shape index (κ2) is 9.96. The van der Waals surface area contributed by atoms with Gasteiger partial charge in [-0.3, -0.25) is 9.59 Å². The van der Waals surface area contributed by atoms with E-state index in [0.717, 1.165) is 0 Å². The van der Waals surface area contributed by atoms with Crippen LogP contribution in [0.5, 0.6) is 0 Å². The highest BCUT2D eigenvalue weighted by Gasteiger charge is 2.16. The van der Waals surface area contributed by atoms with E-state index >= 15 is 0 Å². The molecule has 1 aromatic carbocycles. The summed E-state index contributed by atoms with van der Waals surface area (Å²) in [5.74, 6) is -0.533. The fourth-order valence-corrected chi connectivity index (χ4v) is 1.71. The Bertz CT molecular complexity index is 492. The molecule has 6 heteroatoms. The lowest BCUT2D eigenvalue weighted by molar-refractivity contribution is -0.119. The molecule has 3 N–H and O–H groups in total. The van der Waals surface area contributed by atoms with E-state index in [9.17, 15) is 9.59 Å². The topological polar surface area (TPSA) is 70.2 Å². The molecule has 116 valence electrons. The van der Waals surface area contributed by atoms with E-state index in [0.29, 0.717) is 24.3 Å². The normalized spacial score (nSPS) is 11.0. The van der Waals surface area contributed by atoms with Crippen LogP contribution in [0.4, 0.5) is 5.69 Å². The highest BCUT2D eigenvalue weighted by atomic mass is 35.5. The Morgan fingerprint density at radius 1 is 1.33 bits per heavy atom. The van der Waals surface area contributed by atoms with Crippen molar-refractivity contribution in [1.82, 2.24) is 10.6 Å². The summed E-state index contributed by atoms with van der Waals surface area (Å²) in [6.07, 6.45) is 1.61. The van der Waals surface area contributed by atoms with Gasteiger partial charge < -0.3 is 16.0 Å². The smallest absolute Gasteiger partial charge is 0.253 e. The van der Waals surface area contributed by atoms with Gasteiger partial charge in [-0.05, 0) is 19.2 Å². The quantitative estimate of drug-likeness (QED) is 0.673. The van der Waals surface area contributed by atoms with Crippen molar-refractivity contribution in [2.45, 2.75) is 6.92 Å². The van der Waals surface area contributed by atoms with Crippen LogP contribution in [0, 0.1) is 5.92 Å². The number of halogens is 1. The molecule has 0 saturated carbocycles. The second-order valence-corrected chi connectivity index (χ2v) is 4.49. The van der Waals surface area contributed by atoms with E-state index in [1.54, 1.807) is 37.4 Å². The maximum Gasteiger partial charge on any atom is 0.253 e. The third kappa shape index (κ3) is 5.97. The third-order valence-electron chi connectivity index (χ3n) is 2.79. The molecule has 5 nitrogen and oxygen atoms in total. The van der Waals surface area contributed by atoms with Crippen LogP contribution in [0.15, 0.2) is 36.9 Å². The summed E-state index contributed by atoms with van der Waals surface area (Å²) < 4.78 is 0. The van der Waals surface area contributed by atoms with Gasteiger partial charge in [0.25, 0.3) is 5.91 Å². The minimum absolute atomic E-state index is 0. The molecule has 0 aliphatic heterocycles. The van der Waals surface area contributed by atoms with Gasteiger partial charge in [0.05, 0.1) is 11.3 Å². The number of anilines is 1. The zero-order valence-electron chi connectivity index (χ0n) is 12.3. The van der Waals surface area contributed by atoms with E-state index in [1.807, 2.05) is 6.92 Å². The second-order valence-electron chi connectivity index (χ2n) is 4.49. The molecule has 0 aliphatic carbocycles. The Morgan fingerprint density at radius 2 is 2.00 bits per heavy atom. The minimum Gasteiger partial charge on any atom is -0.349 e. The average molecular weight is 312 g/mol. The summed E-state index contributed by atoms with van der Waals surface area (Å²) in [6, 6.07) is 6.93. The number of nitrogens with one attached hydrogen (secondary N) is 3. The van der Waals surface area contributed by atoms with Crippen molar-refractivity contribution in [2.75, 3.05) is 25.5 Å². The summed E-state index contributed by atoms with van der Waals surface area (Å²) >= 11 is 0. The van der Waals surface area contributed by atoms with E-state index in [1.165, 1.54) is 0 Å². The summed E-state index contributed by atoms with van der Waals surface area (Å²) in [6.45, 7) is 6.34. The van der Waals surface area contributed by atoms with Gasteiger partial charge in [-0.2, -0.15) is 0 Å². The van der Waals surface area contributed by atoms with Crippen molar-refractivity contribution >= 4 is 29.9 Å². The Labute approximate surface area is 131 Å². The Kier molecular flexibility index (Phi) is 9.08. The van der Waals surface area contributed by atoms with Gasteiger partial charge >= 0.3 is 0 Å². The Morgan fingerprint density at radius 3 is 2.62 bits per heavy atom. The van der Waals surface area contributed by atoms with Crippen LogP contribution >= 0.6 is 12.4 Å². The van der Waals surface area contributed by atoms with E-state index in [2.05, 4.69) is 22.5 Å². The van der Waals surface area contributed by atoms with Crippen LogP contribution in [0.3, 0.4) is 0 Å². The number of carbonyl (C=O) groups is 2. The van der Waals surface area contributed by atoms with Gasteiger partial charge in [-0.15, -0.1) is 19.0 Å². The molecule has 21 heavy (non-hydrogen) atoms. The molecule has 0 fully saturated rings. The van der Waals surface area contributed by atoms with Gasteiger partial charge in [0.15, 0.2) is 0 Å². The molecule has 0 radical (unpaired) electrons. The number of benzene rings is 1. The molecule has 0 bridgehead atoms. The first-order valence-electron chi connectivity index (χ1n) is 6.53. The number of amides is 2. The lowest BCUT2D eigenvalue weighted by Gasteiger charge is -2.14. The Hall–Kier alpha value is -1.85. The van der Waals surface area contributed by atoms with E-state index in [-0.39, 0.29) is 30.1 Å². The largest absolute Gasteiger partial charge is 0.349 e. The molecule has 2 amide bonds. The predicted octanol–water partition coefficient (Wildman–Crippen LogP) is 1.82. The molecule has 0 saturated heterocycles. The fourth-order valence-electron chi connectivity index (χ4n) is 1.71. The number of rotatable bonds is 7. The van der Waals surface area contributed by atoms with Gasteiger partial charge in [0.1, 0.15) is 0 Å². The molecular formula is C15H22ClN3O2. The van der Waals surface area contributed by atoms with Gasteiger partial charge in [0, 0.05) is 19.0 Å². The molecule has 1 aromatic rings. The molecule has 0 heterocycles. The molecular weight excluding hydrogens is 290 g/mol. The highest BCUT2D eigenvalue weighted by Crippen LogP contribution is 2.15. The van der Waals surface area contributed by atoms with Crippen molar-refractivity contribution in [1.29, 1.82) is 0 Å². The lowest BCUT2D eigenvalue weighted by Crippen LogP contribution is -2.30. The van der Waals surface area contributed by atoms with Crippen LogP contribution < -0.4 is 16.0 Å². The SMILES string of the molecule is C=CCNC(=O)c1ccccc1NC(=O)C(C)CNC.Cl. The van der Waals surface area contributed by atoms with Crippen LogP contribution in [0.2, 0.25) is 0 Å². The lowest BCUT2D eigenvalue weighted by atomic mass is 10.1. The average Bonchev–Trinajstić information content (AvgIpc) is 2.45. The number of para-hydroxylation sites is 1. The molecule has 1 atom stereocenters. The van der Waals surface area contributed by atoms with Crippen LogP contribution in [-0.4, -0.2) is 32.0 Å². The molecule has 0 aromatic heterocycles. The van der Waals surface area contributed by atoms with Crippen LogP contribution in [0.25, 0.3) is 0 Å². The standard InChI is InChI=1S/C15H21N3O2.ClH/c1-4-9-17-15(20)12-7-5-6-8-13(12)18-14(19)11(2)10-16-3;/h4-8,11,16H,1,9-10H2,2-3H3,(H,17,20)(H,18,19);1H. The van der Waals surface area contributed by atoms with Gasteiger partial charge in [-0.25, -0.2) is 0 Å². The first-order chi connectivity index (χ1) is 9.60. The van der Waals surface area contributed by atoms with Crippen LogP contribution in [0.1, 0.15) is 17.3 Å². The first-order valence-corrected chi connectivity index (χ1v) is 6.53. The summed E-state index contributed by atoms with van der Waals surface area (Å²) in [7, 11) is 1.79. The maximum atomic E-state index is 12.0. The summed E-state index contributed by atoms with van der Waals surface area (Å²) in [5, 5.41) is 8.43. The van der Waals surface area contributed by atoms with Gasteiger partial charge in [0.2, 0.25) is 5.91 Å². The number of hydrogen-bond donors (Lipinski definition) is 3. The summed E-state index contributed by atoms with van der Waals surface area (Å²) in [4.78, 5) is 24.0. The minimum atomic E-state index is -0.234. The van der Waals surface area contributed by atoms with Gasteiger partial charge in [-0.1, -0.05) is 25.1 Å². The zero-order chi connectivity index (χ0) is 15.0.